The molecule has 0 amide bonds. The Hall–Kier alpha value is -4.73. The number of terminal acetylenes is 1. The number of nitrogens with zero attached hydrogens (tertiary/aromatic N) is 6. The number of pyridine rings is 1. The average Bonchev–Trinajstić information content (AvgIpc) is 3.73. The number of halogens is 3. The molecule has 0 saturated carbocycles. The van der Waals surface area contributed by atoms with E-state index in [1.54, 1.807) is 24.2 Å². The van der Waals surface area contributed by atoms with Gasteiger partial charge < -0.3 is 14.6 Å². The molecule has 12 heteroatoms. The van der Waals surface area contributed by atoms with Crippen molar-refractivity contribution in [2.45, 2.75) is 37.5 Å². The topological polar surface area (TPSA) is 98.4 Å². The van der Waals surface area contributed by atoms with Crippen LogP contribution in [0.4, 0.5) is 13.2 Å². The Morgan fingerprint density at radius 1 is 1.18 bits per heavy atom. The molecular formula is C33H29F3N6O3. The number of aromatic hydroxyl groups is 1. The summed E-state index contributed by atoms with van der Waals surface area (Å²) in [5, 5.41) is 15.8. The zero-order valence-electron chi connectivity index (χ0n) is 24.4. The third-order valence-corrected chi connectivity index (χ3v) is 8.78. The standard InChI is InChI=1S/C33H29F3N6O3/c1-3-23-26(35)6-5-19-11-22(43)12-24(27(19)23)30-28(36)31-25(15-37-30)29(20-14-38-42(16-20)9-10-44-2)39-32(40-31)45-18-33-7-4-8-41(33)17-21(34)13-33/h1,5-6,11-12,14-16,21,43H,4,7-10,13,17-18H2,2H3/t21-,33+/m1/s1. The van der Waals surface area contributed by atoms with Gasteiger partial charge in [-0.1, -0.05) is 12.0 Å². The van der Waals surface area contributed by atoms with Gasteiger partial charge in [-0.05, 0) is 43.0 Å². The molecule has 5 aromatic rings. The fraction of sp³-hybridized carbons (Fsp3) is 0.333. The third kappa shape index (κ3) is 5.02. The van der Waals surface area contributed by atoms with Gasteiger partial charge in [0.15, 0.2) is 5.82 Å². The summed E-state index contributed by atoms with van der Waals surface area (Å²) in [7, 11) is 1.59. The Morgan fingerprint density at radius 3 is 2.87 bits per heavy atom. The lowest BCUT2D eigenvalue weighted by Gasteiger charge is -2.30. The first-order chi connectivity index (χ1) is 21.8. The summed E-state index contributed by atoms with van der Waals surface area (Å²) in [6, 6.07) is 5.28. The first-order valence-electron chi connectivity index (χ1n) is 14.6. The Bertz CT molecular complexity index is 1990. The van der Waals surface area contributed by atoms with Crippen LogP contribution in [0.3, 0.4) is 0 Å². The lowest BCUT2D eigenvalue weighted by molar-refractivity contribution is 0.107. The quantitative estimate of drug-likeness (QED) is 0.236. The molecule has 5 heterocycles. The highest BCUT2D eigenvalue weighted by Gasteiger charge is 2.49. The first-order valence-corrected chi connectivity index (χ1v) is 14.6. The molecule has 2 atom stereocenters. The van der Waals surface area contributed by atoms with Crippen LogP contribution >= 0.6 is 0 Å². The molecule has 0 aliphatic carbocycles. The van der Waals surface area contributed by atoms with Gasteiger partial charge in [0.05, 0.1) is 36.1 Å². The Labute approximate surface area is 256 Å². The molecule has 2 saturated heterocycles. The van der Waals surface area contributed by atoms with Gasteiger partial charge in [0.1, 0.15) is 35.6 Å². The summed E-state index contributed by atoms with van der Waals surface area (Å²) in [5.74, 6) is 0.674. The molecule has 0 radical (unpaired) electrons. The Kier molecular flexibility index (Phi) is 7.30. The maximum Gasteiger partial charge on any atom is 0.317 e. The number of phenols is 1. The second kappa shape index (κ2) is 11.3. The minimum Gasteiger partial charge on any atom is -0.508 e. The van der Waals surface area contributed by atoms with Gasteiger partial charge in [0.25, 0.3) is 0 Å². The Balaban J connectivity index is 1.39. The third-order valence-electron chi connectivity index (χ3n) is 8.78. The van der Waals surface area contributed by atoms with Crippen LogP contribution in [0, 0.1) is 24.0 Å². The van der Waals surface area contributed by atoms with E-state index in [1.165, 1.54) is 30.5 Å². The number of alkyl halides is 1. The fourth-order valence-corrected chi connectivity index (χ4v) is 6.70. The van der Waals surface area contributed by atoms with Gasteiger partial charge in [0.2, 0.25) is 0 Å². The van der Waals surface area contributed by atoms with Gasteiger partial charge >= 0.3 is 6.01 Å². The van der Waals surface area contributed by atoms with Gasteiger partial charge in [-0.15, -0.1) is 6.42 Å². The molecule has 2 fully saturated rings. The van der Waals surface area contributed by atoms with Crippen molar-refractivity contribution in [1.82, 2.24) is 29.6 Å². The van der Waals surface area contributed by atoms with E-state index in [2.05, 4.69) is 30.9 Å². The average molecular weight is 615 g/mol. The smallest absolute Gasteiger partial charge is 0.317 e. The van der Waals surface area contributed by atoms with Crippen molar-refractivity contribution in [1.29, 1.82) is 0 Å². The minimum absolute atomic E-state index is 0.0808. The summed E-state index contributed by atoms with van der Waals surface area (Å²) < 4.78 is 58.8. The number of phenolic OH excluding ortho intramolecular Hbond substituents is 1. The zero-order valence-corrected chi connectivity index (χ0v) is 24.4. The fourth-order valence-electron chi connectivity index (χ4n) is 6.70. The van der Waals surface area contributed by atoms with E-state index in [4.69, 9.17) is 15.9 Å². The van der Waals surface area contributed by atoms with E-state index >= 15 is 4.39 Å². The van der Waals surface area contributed by atoms with E-state index in [0.29, 0.717) is 42.8 Å². The molecule has 2 aliphatic heterocycles. The summed E-state index contributed by atoms with van der Waals surface area (Å²) >= 11 is 0. The SMILES string of the molecule is C#Cc1c(F)ccc2cc(O)cc(-c3ncc4c(-c5cnn(CCOC)c5)nc(OC[C@@]56CCCN5C[C@H](F)C6)nc4c3F)c12. The second-order valence-corrected chi connectivity index (χ2v) is 11.5. The van der Waals surface area contributed by atoms with Gasteiger partial charge in [0, 0.05) is 54.4 Å². The molecule has 2 aromatic carbocycles. The zero-order chi connectivity index (χ0) is 31.3. The van der Waals surface area contributed by atoms with E-state index in [0.717, 1.165) is 19.4 Å². The second-order valence-electron chi connectivity index (χ2n) is 11.5. The molecule has 0 unspecified atom stereocenters. The summed E-state index contributed by atoms with van der Waals surface area (Å²) in [6.07, 6.45) is 11.5. The molecule has 2 aliphatic rings. The van der Waals surface area contributed by atoms with Crippen LogP contribution in [0.2, 0.25) is 0 Å². The van der Waals surface area contributed by atoms with Crippen LogP contribution in [0.1, 0.15) is 24.8 Å². The van der Waals surface area contributed by atoms with E-state index < -0.39 is 23.3 Å². The molecule has 3 aromatic heterocycles. The molecular weight excluding hydrogens is 585 g/mol. The Morgan fingerprint density at radius 2 is 2.04 bits per heavy atom. The van der Waals surface area contributed by atoms with Crippen molar-refractivity contribution >= 4 is 21.7 Å². The number of hydrogen-bond donors (Lipinski definition) is 1. The predicted molar refractivity (Wildman–Crippen MR) is 161 cm³/mol. The number of rotatable bonds is 8. The molecule has 230 valence electrons. The monoisotopic (exact) mass is 614 g/mol. The maximum atomic E-state index is 16.7. The largest absolute Gasteiger partial charge is 0.508 e. The van der Waals surface area contributed by atoms with Crippen LogP contribution in [0.5, 0.6) is 11.8 Å². The van der Waals surface area contributed by atoms with Crippen LogP contribution in [0.25, 0.3) is 44.2 Å². The highest BCUT2D eigenvalue weighted by Crippen LogP contribution is 2.41. The highest BCUT2D eigenvalue weighted by atomic mass is 19.1. The number of methoxy groups -OCH3 is 1. The number of fused-ring (bicyclic) bond motifs is 3. The number of benzene rings is 2. The number of aromatic nitrogens is 5. The summed E-state index contributed by atoms with van der Waals surface area (Å²) in [5.41, 5.74) is 0.172. The van der Waals surface area contributed by atoms with Crippen LogP contribution < -0.4 is 4.74 Å². The molecule has 9 nitrogen and oxygen atoms in total. The minimum atomic E-state index is -0.944. The van der Waals surface area contributed by atoms with E-state index in [-0.39, 0.29) is 51.5 Å². The summed E-state index contributed by atoms with van der Waals surface area (Å²) in [6.45, 7) is 2.21. The predicted octanol–water partition coefficient (Wildman–Crippen LogP) is 5.28. The van der Waals surface area contributed by atoms with E-state index in [9.17, 15) is 13.9 Å². The van der Waals surface area contributed by atoms with Crippen LogP contribution in [-0.4, -0.2) is 79.9 Å². The molecule has 7 rings (SSSR count). The van der Waals surface area contributed by atoms with Crippen molar-refractivity contribution in [2.75, 3.05) is 33.4 Å². The number of ether oxygens (including phenoxy) is 2. The van der Waals surface area contributed by atoms with E-state index in [1.807, 2.05) is 0 Å². The van der Waals surface area contributed by atoms with Gasteiger partial charge in [-0.2, -0.15) is 15.1 Å². The lowest BCUT2D eigenvalue weighted by Crippen LogP contribution is -2.43. The highest BCUT2D eigenvalue weighted by molar-refractivity contribution is 6.03. The van der Waals surface area contributed by atoms with Crippen molar-refractivity contribution in [3.8, 4) is 46.6 Å². The van der Waals surface area contributed by atoms with Crippen molar-refractivity contribution in [2.24, 2.45) is 0 Å². The molecule has 0 spiro atoms. The van der Waals surface area contributed by atoms with Gasteiger partial charge in [-0.25, -0.2) is 13.2 Å². The number of hydrogen-bond acceptors (Lipinski definition) is 8. The van der Waals surface area contributed by atoms with Crippen LogP contribution in [0.15, 0.2) is 42.9 Å². The maximum absolute atomic E-state index is 16.7. The van der Waals surface area contributed by atoms with Crippen molar-refractivity contribution < 1.29 is 27.8 Å². The summed E-state index contributed by atoms with van der Waals surface area (Å²) in [4.78, 5) is 15.6. The molecule has 0 bridgehead atoms. The first kappa shape index (κ1) is 29.0. The normalized spacial score (nSPS) is 19.8. The van der Waals surface area contributed by atoms with Crippen molar-refractivity contribution in [3.63, 3.8) is 0 Å². The van der Waals surface area contributed by atoms with Gasteiger partial charge in [-0.3, -0.25) is 14.6 Å². The lowest BCUT2D eigenvalue weighted by atomic mass is 9.95. The van der Waals surface area contributed by atoms with Crippen molar-refractivity contribution in [3.05, 3.63) is 60.1 Å². The van der Waals surface area contributed by atoms with Crippen LogP contribution in [-0.2, 0) is 11.3 Å². The molecule has 45 heavy (non-hydrogen) atoms. The molecule has 1 N–H and O–H groups in total.